The molecule has 16 heavy (non-hydrogen) atoms. The summed E-state index contributed by atoms with van der Waals surface area (Å²) >= 11 is 0. The van der Waals surface area contributed by atoms with Gasteiger partial charge in [-0.2, -0.15) is 0 Å². The molecule has 1 atom stereocenters. The summed E-state index contributed by atoms with van der Waals surface area (Å²) in [5.41, 5.74) is 5.59. The number of hydrogen-bond donors (Lipinski definition) is 2. The molecule has 1 amide bonds. The lowest BCUT2D eigenvalue weighted by Gasteiger charge is -2.38. The Kier molecular flexibility index (Phi) is 3.53. The Labute approximate surface area is 98.2 Å². The van der Waals surface area contributed by atoms with E-state index in [9.17, 15) is 4.79 Å². The lowest BCUT2D eigenvalue weighted by molar-refractivity contribution is -0.129. The summed E-state index contributed by atoms with van der Waals surface area (Å²) in [4.78, 5) is 12.1. The SMILES string of the molecule is CC(N)(C(=O)NC1CCC1)C1CCCCC1. The Morgan fingerprint density at radius 1 is 1.12 bits per heavy atom. The Balaban J connectivity index is 1.90. The average molecular weight is 224 g/mol. The highest BCUT2D eigenvalue weighted by atomic mass is 16.2. The van der Waals surface area contributed by atoms with Crippen LogP contribution in [0.1, 0.15) is 58.3 Å². The first-order valence-corrected chi connectivity index (χ1v) is 6.70. The number of carbonyl (C=O) groups excluding carboxylic acids is 1. The summed E-state index contributed by atoms with van der Waals surface area (Å²) in [6.45, 7) is 1.91. The van der Waals surface area contributed by atoms with Gasteiger partial charge in [0.15, 0.2) is 0 Å². The van der Waals surface area contributed by atoms with Crippen molar-refractivity contribution in [3.63, 3.8) is 0 Å². The third-order valence-corrected chi connectivity index (χ3v) is 4.38. The zero-order chi connectivity index (χ0) is 11.6. The van der Waals surface area contributed by atoms with Crippen LogP contribution in [0.3, 0.4) is 0 Å². The number of carbonyl (C=O) groups is 1. The Bertz CT molecular complexity index is 253. The minimum atomic E-state index is -0.657. The number of amides is 1. The summed E-state index contributed by atoms with van der Waals surface area (Å²) in [6.07, 6.45) is 9.50. The minimum Gasteiger partial charge on any atom is -0.352 e. The molecule has 0 radical (unpaired) electrons. The van der Waals surface area contributed by atoms with E-state index in [2.05, 4.69) is 5.32 Å². The normalized spacial score (nSPS) is 26.9. The average Bonchev–Trinajstić information content (AvgIpc) is 2.24. The third kappa shape index (κ3) is 2.40. The molecule has 0 bridgehead atoms. The van der Waals surface area contributed by atoms with Crippen LogP contribution in [0.5, 0.6) is 0 Å². The van der Waals surface area contributed by atoms with Gasteiger partial charge < -0.3 is 11.1 Å². The first-order chi connectivity index (χ1) is 7.60. The van der Waals surface area contributed by atoms with E-state index in [-0.39, 0.29) is 5.91 Å². The number of nitrogens with one attached hydrogen (secondary N) is 1. The molecule has 0 aromatic carbocycles. The van der Waals surface area contributed by atoms with Gasteiger partial charge in [-0.05, 0) is 44.9 Å². The van der Waals surface area contributed by atoms with Crippen molar-refractivity contribution in [2.24, 2.45) is 11.7 Å². The van der Waals surface area contributed by atoms with E-state index in [1.54, 1.807) is 0 Å². The second-order valence-electron chi connectivity index (χ2n) is 5.72. The van der Waals surface area contributed by atoms with Crippen LogP contribution in [0.15, 0.2) is 0 Å². The van der Waals surface area contributed by atoms with Gasteiger partial charge in [0.25, 0.3) is 0 Å². The van der Waals surface area contributed by atoms with Crippen LogP contribution < -0.4 is 11.1 Å². The molecule has 0 aromatic heterocycles. The van der Waals surface area contributed by atoms with Gasteiger partial charge in [-0.15, -0.1) is 0 Å². The molecule has 0 heterocycles. The van der Waals surface area contributed by atoms with E-state index in [1.165, 1.54) is 25.7 Å². The van der Waals surface area contributed by atoms with Gasteiger partial charge in [0.1, 0.15) is 0 Å². The molecule has 0 aromatic rings. The molecular weight excluding hydrogens is 200 g/mol. The van der Waals surface area contributed by atoms with E-state index in [4.69, 9.17) is 5.73 Å². The van der Waals surface area contributed by atoms with Gasteiger partial charge >= 0.3 is 0 Å². The van der Waals surface area contributed by atoms with Gasteiger partial charge in [-0.1, -0.05) is 19.3 Å². The smallest absolute Gasteiger partial charge is 0.240 e. The monoisotopic (exact) mass is 224 g/mol. The molecule has 0 aliphatic heterocycles. The predicted octanol–water partition coefficient (Wildman–Crippen LogP) is 1.95. The fourth-order valence-electron chi connectivity index (χ4n) is 2.78. The van der Waals surface area contributed by atoms with Crippen molar-refractivity contribution in [2.75, 3.05) is 0 Å². The van der Waals surface area contributed by atoms with E-state index >= 15 is 0 Å². The first kappa shape index (κ1) is 11.9. The van der Waals surface area contributed by atoms with Gasteiger partial charge in [0, 0.05) is 6.04 Å². The Morgan fingerprint density at radius 3 is 2.25 bits per heavy atom. The lowest BCUT2D eigenvalue weighted by Crippen LogP contribution is -2.59. The summed E-state index contributed by atoms with van der Waals surface area (Å²) in [5, 5.41) is 3.09. The van der Waals surface area contributed by atoms with E-state index < -0.39 is 5.54 Å². The molecule has 2 aliphatic rings. The quantitative estimate of drug-likeness (QED) is 0.770. The fourth-order valence-corrected chi connectivity index (χ4v) is 2.78. The minimum absolute atomic E-state index is 0.0732. The van der Waals surface area contributed by atoms with Gasteiger partial charge in [-0.25, -0.2) is 0 Å². The molecule has 92 valence electrons. The number of rotatable bonds is 3. The van der Waals surface area contributed by atoms with Crippen LogP contribution in [0.2, 0.25) is 0 Å². The highest BCUT2D eigenvalue weighted by Crippen LogP contribution is 2.31. The molecular formula is C13H24N2O. The molecule has 3 nitrogen and oxygen atoms in total. The van der Waals surface area contributed by atoms with Crippen LogP contribution in [0, 0.1) is 5.92 Å². The second kappa shape index (κ2) is 4.74. The van der Waals surface area contributed by atoms with Gasteiger partial charge in [0.05, 0.1) is 5.54 Å². The predicted molar refractivity (Wildman–Crippen MR) is 64.9 cm³/mol. The number of nitrogens with two attached hydrogens (primary N) is 1. The van der Waals surface area contributed by atoms with Crippen LogP contribution in [-0.4, -0.2) is 17.5 Å². The molecule has 3 N–H and O–H groups in total. The van der Waals surface area contributed by atoms with E-state index in [0.717, 1.165) is 25.7 Å². The summed E-state index contributed by atoms with van der Waals surface area (Å²) in [7, 11) is 0. The van der Waals surface area contributed by atoms with Crippen molar-refractivity contribution >= 4 is 5.91 Å². The van der Waals surface area contributed by atoms with E-state index in [0.29, 0.717) is 12.0 Å². The number of hydrogen-bond acceptors (Lipinski definition) is 2. The Morgan fingerprint density at radius 2 is 1.75 bits per heavy atom. The maximum absolute atomic E-state index is 12.1. The molecule has 2 fully saturated rings. The topological polar surface area (TPSA) is 55.1 Å². The van der Waals surface area contributed by atoms with Crippen LogP contribution in [0.25, 0.3) is 0 Å². The molecule has 2 rings (SSSR count). The van der Waals surface area contributed by atoms with Crippen molar-refractivity contribution in [3.05, 3.63) is 0 Å². The van der Waals surface area contributed by atoms with Crippen LogP contribution in [-0.2, 0) is 4.79 Å². The summed E-state index contributed by atoms with van der Waals surface area (Å²) < 4.78 is 0. The fraction of sp³-hybridized carbons (Fsp3) is 0.923. The standard InChI is InChI=1S/C13H24N2O/c1-13(14,10-6-3-2-4-7-10)12(16)15-11-8-5-9-11/h10-11H,2-9,14H2,1H3,(H,15,16). The molecule has 3 heteroatoms. The summed E-state index contributed by atoms with van der Waals surface area (Å²) in [6, 6.07) is 0.402. The third-order valence-electron chi connectivity index (χ3n) is 4.38. The maximum atomic E-state index is 12.1. The zero-order valence-electron chi connectivity index (χ0n) is 10.3. The van der Waals surface area contributed by atoms with Gasteiger partial charge in [0.2, 0.25) is 5.91 Å². The van der Waals surface area contributed by atoms with Crippen molar-refractivity contribution in [3.8, 4) is 0 Å². The summed E-state index contributed by atoms with van der Waals surface area (Å²) in [5.74, 6) is 0.449. The molecule has 2 saturated carbocycles. The van der Waals surface area contributed by atoms with Crippen molar-refractivity contribution in [1.82, 2.24) is 5.32 Å². The second-order valence-corrected chi connectivity index (χ2v) is 5.72. The molecule has 0 saturated heterocycles. The van der Waals surface area contributed by atoms with Crippen molar-refractivity contribution < 1.29 is 4.79 Å². The molecule has 0 spiro atoms. The Hall–Kier alpha value is -0.570. The van der Waals surface area contributed by atoms with E-state index in [1.807, 2.05) is 6.92 Å². The first-order valence-electron chi connectivity index (χ1n) is 6.70. The molecule has 1 unspecified atom stereocenters. The highest BCUT2D eigenvalue weighted by molar-refractivity contribution is 5.86. The van der Waals surface area contributed by atoms with Crippen molar-refractivity contribution in [2.45, 2.75) is 69.9 Å². The lowest BCUT2D eigenvalue weighted by atomic mass is 9.75. The largest absolute Gasteiger partial charge is 0.352 e. The highest BCUT2D eigenvalue weighted by Gasteiger charge is 2.39. The zero-order valence-corrected chi connectivity index (χ0v) is 10.3. The maximum Gasteiger partial charge on any atom is 0.240 e. The molecule has 2 aliphatic carbocycles. The van der Waals surface area contributed by atoms with Crippen LogP contribution >= 0.6 is 0 Å². The van der Waals surface area contributed by atoms with Gasteiger partial charge in [-0.3, -0.25) is 4.79 Å². The van der Waals surface area contributed by atoms with Crippen molar-refractivity contribution in [1.29, 1.82) is 0 Å². The van der Waals surface area contributed by atoms with Crippen LogP contribution in [0.4, 0.5) is 0 Å².